The van der Waals surface area contributed by atoms with Crippen molar-refractivity contribution >= 4 is 5.69 Å². The average Bonchev–Trinajstić information content (AvgIpc) is 2.37. The molecule has 0 unspecified atom stereocenters. The predicted molar refractivity (Wildman–Crippen MR) is 67.8 cm³/mol. The summed E-state index contributed by atoms with van der Waals surface area (Å²) in [7, 11) is 1.45. The first kappa shape index (κ1) is 14.2. The van der Waals surface area contributed by atoms with Gasteiger partial charge in [-0.15, -0.1) is 0 Å². The van der Waals surface area contributed by atoms with Gasteiger partial charge in [-0.1, -0.05) is 12.1 Å². The maximum atomic E-state index is 13.5. The number of benzene rings is 2. The van der Waals surface area contributed by atoms with E-state index in [4.69, 9.17) is 10.5 Å². The van der Waals surface area contributed by atoms with Crippen LogP contribution in [-0.4, -0.2) is 7.11 Å². The van der Waals surface area contributed by atoms with Crippen LogP contribution < -0.4 is 10.5 Å². The Kier molecular flexibility index (Phi) is 3.57. The molecule has 0 aliphatic carbocycles. The lowest BCUT2D eigenvalue weighted by Crippen LogP contribution is -2.07. The Balaban J connectivity index is 2.44. The number of hydrogen-bond acceptors (Lipinski definition) is 2. The van der Waals surface area contributed by atoms with E-state index in [1.807, 2.05) is 0 Å². The topological polar surface area (TPSA) is 35.2 Å². The highest BCUT2D eigenvalue weighted by atomic mass is 19.4. The summed E-state index contributed by atoms with van der Waals surface area (Å²) in [6.07, 6.45) is -4.71. The molecule has 0 fully saturated rings. The smallest absolute Gasteiger partial charge is 0.419 e. The van der Waals surface area contributed by atoms with Gasteiger partial charge in [0, 0.05) is 0 Å². The molecule has 106 valence electrons. The molecule has 0 heterocycles. The third-order valence-corrected chi connectivity index (χ3v) is 2.84. The van der Waals surface area contributed by atoms with Gasteiger partial charge in [0.05, 0.1) is 18.4 Å². The van der Waals surface area contributed by atoms with Gasteiger partial charge in [0.25, 0.3) is 0 Å². The van der Waals surface area contributed by atoms with Crippen LogP contribution in [0.3, 0.4) is 0 Å². The van der Waals surface area contributed by atoms with E-state index in [0.717, 1.165) is 6.07 Å². The number of nitrogens with two attached hydrogens (primary N) is 1. The average molecular weight is 285 g/mol. The minimum absolute atomic E-state index is 0.310. The normalized spacial score (nSPS) is 11.4. The number of rotatable bonds is 2. The van der Waals surface area contributed by atoms with E-state index in [-0.39, 0.29) is 0 Å². The SMILES string of the molecule is COc1ccc(-c2ccc(C(F)(F)F)c(F)c2)cc1N. The van der Waals surface area contributed by atoms with Gasteiger partial charge in [-0.05, 0) is 35.4 Å². The molecule has 0 aliphatic heterocycles. The van der Waals surface area contributed by atoms with Crippen LogP contribution in [0.1, 0.15) is 5.56 Å². The molecular formula is C14H11F4NO. The monoisotopic (exact) mass is 285 g/mol. The van der Waals surface area contributed by atoms with Gasteiger partial charge in [-0.3, -0.25) is 0 Å². The maximum absolute atomic E-state index is 13.5. The number of hydrogen-bond donors (Lipinski definition) is 1. The summed E-state index contributed by atoms with van der Waals surface area (Å²) >= 11 is 0. The second-order valence-corrected chi connectivity index (χ2v) is 4.15. The first-order valence-electron chi connectivity index (χ1n) is 5.63. The summed E-state index contributed by atoms with van der Waals surface area (Å²) in [5, 5.41) is 0. The van der Waals surface area contributed by atoms with Crippen molar-refractivity contribution in [2.24, 2.45) is 0 Å². The maximum Gasteiger partial charge on any atom is 0.419 e. The third-order valence-electron chi connectivity index (χ3n) is 2.84. The van der Waals surface area contributed by atoms with Crippen LogP contribution in [0.4, 0.5) is 23.2 Å². The zero-order valence-electron chi connectivity index (χ0n) is 10.5. The van der Waals surface area contributed by atoms with E-state index in [9.17, 15) is 17.6 Å². The molecule has 0 amide bonds. The second-order valence-electron chi connectivity index (χ2n) is 4.15. The van der Waals surface area contributed by atoms with Crippen molar-refractivity contribution in [2.75, 3.05) is 12.8 Å². The largest absolute Gasteiger partial charge is 0.495 e. The van der Waals surface area contributed by atoms with Gasteiger partial charge in [-0.25, -0.2) is 4.39 Å². The molecule has 20 heavy (non-hydrogen) atoms. The Bertz CT molecular complexity index is 638. The summed E-state index contributed by atoms with van der Waals surface area (Å²) < 4.78 is 55.9. The molecule has 0 spiro atoms. The Morgan fingerprint density at radius 2 is 1.60 bits per heavy atom. The van der Waals surface area contributed by atoms with Crippen molar-refractivity contribution < 1.29 is 22.3 Å². The van der Waals surface area contributed by atoms with Crippen LogP contribution in [0, 0.1) is 5.82 Å². The molecule has 0 saturated carbocycles. The van der Waals surface area contributed by atoms with Crippen LogP contribution in [0.2, 0.25) is 0 Å². The quantitative estimate of drug-likeness (QED) is 0.666. The van der Waals surface area contributed by atoms with Crippen LogP contribution in [0.5, 0.6) is 5.75 Å². The molecular weight excluding hydrogens is 274 g/mol. The van der Waals surface area contributed by atoms with Crippen LogP contribution in [-0.2, 0) is 6.18 Å². The Morgan fingerprint density at radius 3 is 2.10 bits per heavy atom. The minimum Gasteiger partial charge on any atom is -0.495 e. The first-order chi connectivity index (χ1) is 9.32. The van der Waals surface area contributed by atoms with Crippen molar-refractivity contribution in [3.63, 3.8) is 0 Å². The second kappa shape index (κ2) is 5.03. The van der Waals surface area contributed by atoms with Crippen molar-refractivity contribution in [2.45, 2.75) is 6.18 Å². The number of anilines is 1. The van der Waals surface area contributed by atoms with Crippen molar-refractivity contribution in [3.8, 4) is 16.9 Å². The lowest BCUT2D eigenvalue weighted by Gasteiger charge is -2.11. The number of methoxy groups -OCH3 is 1. The summed E-state index contributed by atoms with van der Waals surface area (Å²) in [4.78, 5) is 0. The summed E-state index contributed by atoms with van der Waals surface area (Å²) in [5.74, 6) is -0.870. The Hall–Kier alpha value is -2.24. The molecule has 6 heteroatoms. The predicted octanol–water partition coefficient (Wildman–Crippen LogP) is 4.10. The van der Waals surface area contributed by atoms with Gasteiger partial charge >= 0.3 is 6.18 Å². The number of halogens is 4. The fourth-order valence-electron chi connectivity index (χ4n) is 1.84. The molecule has 2 aromatic rings. The molecule has 2 rings (SSSR count). The van der Waals surface area contributed by atoms with E-state index in [0.29, 0.717) is 28.6 Å². The van der Waals surface area contributed by atoms with E-state index in [1.165, 1.54) is 19.2 Å². The zero-order chi connectivity index (χ0) is 14.9. The third kappa shape index (κ3) is 2.68. The lowest BCUT2D eigenvalue weighted by molar-refractivity contribution is -0.139. The van der Waals surface area contributed by atoms with E-state index in [1.54, 1.807) is 12.1 Å². The fraction of sp³-hybridized carbons (Fsp3) is 0.143. The van der Waals surface area contributed by atoms with Gasteiger partial charge in [-0.2, -0.15) is 13.2 Å². The molecule has 0 aliphatic rings. The summed E-state index contributed by atoms with van der Waals surface area (Å²) in [6, 6.07) is 7.43. The number of nitrogen functional groups attached to an aromatic ring is 1. The van der Waals surface area contributed by atoms with Crippen molar-refractivity contribution in [1.29, 1.82) is 0 Å². The van der Waals surface area contributed by atoms with Crippen molar-refractivity contribution in [1.82, 2.24) is 0 Å². The van der Waals surface area contributed by atoms with Crippen LogP contribution in [0.15, 0.2) is 36.4 Å². The Morgan fingerprint density at radius 1 is 1.00 bits per heavy atom. The van der Waals surface area contributed by atoms with E-state index < -0.39 is 17.6 Å². The van der Waals surface area contributed by atoms with Gasteiger partial charge < -0.3 is 10.5 Å². The molecule has 2 aromatic carbocycles. The lowest BCUT2D eigenvalue weighted by atomic mass is 10.0. The zero-order valence-corrected chi connectivity index (χ0v) is 10.5. The molecule has 0 saturated heterocycles. The number of ether oxygens (including phenoxy) is 1. The standard InChI is InChI=1S/C14H11F4NO/c1-20-13-5-3-9(7-12(13)19)8-2-4-10(11(15)6-8)14(16,17)18/h2-7H,19H2,1H3. The van der Waals surface area contributed by atoms with Gasteiger partial charge in [0.15, 0.2) is 0 Å². The summed E-state index contributed by atoms with van der Waals surface area (Å²) in [6.45, 7) is 0. The van der Waals surface area contributed by atoms with E-state index >= 15 is 0 Å². The van der Waals surface area contributed by atoms with Gasteiger partial charge in [0.2, 0.25) is 0 Å². The molecule has 2 N–H and O–H groups in total. The molecule has 0 radical (unpaired) electrons. The molecule has 0 atom stereocenters. The minimum atomic E-state index is -4.71. The van der Waals surface area contributed by atoms with Crippen LogP contribution >= 0.6 is 0 Å². The molecule has 0 bridgehead atoms. The Labute approximate surface area is 112 Å². The van der Waals surface area contributed by atoms with Crippen molar-refractivity contribution in [3.05, 3.63) is 47.8 Å². The highest BCUT2D eigenvalue weighted by Gasteiger charge is 2.33. The van der Waals surface area contributed by atoms with E-state index in [2.05, 4.69) is 0 Å². The van der Waals surface area contributed by atoms with Crippen LogP contribution in [0.25, 0.3) is 11.1 Å². The summed E-state index contributed by atoms with van der Waals surface area (Å²) in [5.41, 5.74) is 5.56. The number of alkyl halides is 3. The molecule has 2 nitrogen and oxygen atoms in total. The fourth-order valence-corrected chi connectivity index (χ4v) is 1.84. The highest BCUT2D eigenvalue weighted by Crippen LogP contribution is 2.34. The van der Waals surface area contributed by atoms with Gasteiger partial charge in [0.1, 0.15) is 11.6 Å². The first-order valence-corrected chi connectivity index (χ1v) is 5.63. The molecule has 0 aromatic heterocycles. The highest BCUT2D eigenvalue weighted by molar-refractivity contribution is 5.71.